The van der Waals surface area contributed by atoms with Crippen molar-refractivity contribution in [1.29, 1.82) is 0 Å². The molecule has 9 heteroatoms. The van der Waals surface area contributed by atoms with Gasteiger partial charge in [0.15, 0.2) is 17.3 Å². The van der Waals surface area contributed by atoms with E-state index < -0.39 is 11.9 Å². The molecule has 0 unspecified atom stereocenters. The number of hydrogen-bond donors (Lipinski definition) is 1. The fraction of sp³-hybridized carbons (Fsp3) is 0.250. The Balaban J connectivity index is 1.67. The molecule has 0 saturated heterocycles. The third-order valence-corrected chi connectivity index (χ3v) is 5.77. The van der Waals surface area contributed by atoms with Gasteiger partial charge in [-0.25, -0.2) is 5.43 Å². The van der Waals surface area contributed by atoms with Gasteiger partial charge in [0.2, 0.25) is 5.91 Å². The average Bonchev–Trinajstić information content (AvgIpc) is 3.26. The summed E-state index contributed by atoms with van der Waals surface area (Å²) in [6.07, 6.45) is -0.0561. The van der Waals surface area contributed by atoms with Gasteiger partial charge in [-0.15, -0.1) is 11.3 Å². The zero-order valence-electron chi connectivity index (χ0n) is 18.5. The monoisotopic (exact) mass is 468 g/mol. The molecule has 0 aliphatic rings. The molecule has 0 bridgehead atoms. The first-order valence-electron chi connectivity index (χ1n) is 10.1. The van der Waals surface area contributed by atoms with Crippen molar-refractivity contribution in [1.82, 2.24) is 5.43 Å². The van der Waals surface area contributed by atoms with E-state index in [1.165, 1.54) is 32.5 Å². The molecule has 1 amide bonds. The number of rotatable bonds is 10. The van der Waals surface area contributed by atoms with Gasteiger partial charge in [0, 0.05) is 46.4 Å². The Morgan fingerprint density at radius 2 is 1.76 bits per heavy atom. The molecule has 0 aliphatic carbocycles. The van der Waals surface area contributed by atoms with Crippen LogP contribution < -0.4 is 14.9 Å². The summed E-state index contributed by atoms with van der Waals surface area (Å²) < 4.78 is 16.5. The van der Waals surface area contributed by atoms with Crippen molar-refractivity contribution in [2.24, 2.45) is 5.10 Å². The Bertz CT molecular complexity index is 1200. The highest BCUT2D eigenvalue weighted by Gasteiger charge is 2.15. The minimum absolute atomic E-state index is 0.00248. The molecule has 8 nitrogen and oxygen atoms in total. The average molecular weight is 469 g/mol. The van der Waals surface area contributed by atoms with Crippen molar-refractivity contribution in [2.45, 2.75) is 19.8 Å². The van der Waals surface area contributed by atoms with Gasteiger partial charge < -0.3 is 14.2 Å². The van der Waals surface area contributed by atoms with Crippen LogP contribution in [-0.2, 0) is 14.3 Å². The molecule has 0 radical (unpaired) electrons. The molecule has 3 rings (SSSR count). The van der Waals surface area contributed by atoms with E-state index in [1.807, 2.05) is 29.6 Å². The normalized spacial score (nSPS) is 11.2. The third-order valence-electron chi connectivity index (χ3n) is 4.80. The summed E-state index contributed by atoms with van der Waals surface area (Å²) in [7, 11) is 3.00. The molecular formula is C24H24N2O6S. The number of methoxy groups -OCH3 is 2. The number of Topliss-reactive ketones (excluding diaryl/α,β-unsaturated/α-hetero) is 1. The van der Waals surface area contributed by atoms with Gasteiger partial charge in [0.1, 0.15) is 12.3 Å². The van der Waals surface area contributed by atoms with Gasteiger partial charge in [0.05, 0.1) is 14.2 Å². The number of esters is 1. The van der Waals surface area contributed by atoms with Gasteiger partial charge in [-0.1, -0.05) is 18.2 Å². The second-order valence-electron chi connectivity index (χ2n) is 7.01. The number of ketones is 1. The molecule has 1 heterocycles. The minimum atomic E-state index is -0.450. The summed E-state index contributed by atoms with van der Waals surface area (Å²) in [6.45, 7) is 1.22. The molecule has 1 aromatic heterocycles. The van der Waals surface area contributed by atoms with Gasteiger partial charge in [0.25, 0.3) is 0 Å². The number of hydrazone groups is 1. The standard InChI is InChI=1S/C24H24N2O6S/c1-15(27)32-13-19(18-14-33-23-7-5-4-6-17(18)23)25-26-24(29)11-9-20(28)16-8-10-21(30-2)22(12-16)31-3/h4-8,10,12,14H,9,11,13H2,1-3H3,(H,26,29)/b25-19+. The van der Waals surface area contributed by atoms with Crippen molar-refractivity contribution in [3.05, 3.63) is 59.0 Å². The Morgan fingerprint density at radius 1 is 1.00 bits per heavy atom. The van der Waals surface area contributed by atoms with E-state index in [9.17, 15) is 14.4 Å². The molecule has 172 valence electrons. The highest BCUT2D eigenvalue weighted by atomic mass is 32.1. The highest BCUT2D eigenvalue weighted by molar-refractivity contribution is 7.17. The van der Waals surface area contributed by atoms with Gasteiger partial charge in [-0.3, -0.25) is 14.4 Å². The molecule has 1 N–H and O–H groups in total. The number of nitrogens with zero attached hydrogens (tertiary/aromatic N) is 1. The van der Waals surface area contributed by atoms with Crippen molar-refractivity contribution >= 4 is 44.8 Å². The number of benzene rings is 2. The summed E-state index contributed by atoms with van der Waals surface area (Å²) in [4.78, 5) is 36.2. The molecule has 0 spiro atoms. The fourth-order valence-electron chi connectivity index (χ4n) is 3.11. The summed E-state index contributed by atoms with van der Waals surface area (Å²) in [5.41, 5.74) is 4.09. The Morgan fingerprint density at radius 3 is 2.48 bits per heavy atom. The molecule has 3 aromatic rings. The van der Waals surface area contributed by atoms with Gasteiger partial charge >= 0.3 is 5.97 Å². The zero-order chi connectivity index (χ0) is 23.8. The summed E-state index contributed by atoms with van der Waals surface area (Å²) in [5.74, 6) is -0.130. The predicted octanol–water partition coefficient (Wildman–Crippen LogP) is 3.97. The minimum Gasteiger partial charge on any atom is -0.493 e. The topological polar surface area (TPSA) is 103 Å². The maximum Gasteiger partial charge on any atom is 0.303 e. The van der Waals surface area contributed by atoms with Crippen LogP contribution in [0.4, 0.5) is 0 Å². The zero-order valence-corrected chi connectivity index (χ0v) is 19.4. The first kappa shape index (κ1) is 23.9. The van der Waals surface area contributed by atoms with Gasteiger partial charge in [-0.05, 0) is 24.3 Å². The lowest BCUT2D eigenvalue weighted by atomic mass is 10.1. The lowest BCUT2D eigenvalue weighted by Crippen LogP contribution is -2.23. The van der Waals surface area contributed by atoms with Crippen molar-refractivity contribution < 1.29 is 28.6 Å². The number of nitrogens with one attached hydrogen (secondary N) is 1. The van der Waals surface area contributed by atoms with Crippen LogP contribution in [0, 0.1) is 0 Å². The lowest BCUT2D eigenvalue weighted by molar-refractivity contribution is -0.139. The third kappa shape index (κ3) is 6.17. The number of carbonyl (C=O) groups excluding carboxylic acids is 3. The molecule has 0 aliphatic heterocycles. The van der Waals surface area contributed by atoms with Crippen molar-refractivity contribution in [3.8, 4) is 11.5 Å². The van der Waals surface area contributed by atoms with Crippen molar-refractivity contribution in [2.75, 3.05) is 20.8 Å². The van der Waals surface area contributed by atoms with E-state index in [2.05, 4.69) is 10.5 Å². The second kappa shape index (κ2) is 11.2. The smallest absolute Gasteiger partial charge is 0.303 e. The number of fused-ring (bicyclic) bond motifs is 1. The molecule has 0 atom stereocenters. The summed E-state index contributed by atoms with van der Waals surface area (Å²) in [5, 5.41) is 7.04. The van der Waals surface area contributed by atoms with E-state index in [-0.39, 0.29) is 25.2 Å². The first-order chi connectivity index (χ1) is 15.9. The highest BCUT2D eigenvalue weighted by Crippen LogP contribution is 2.28. The number of carbonyl (C=O) groups is 3. The molecule has 2 aromatic carbocycles. The Hall–Kier alpha value is -3.72. The van der Waals surface area contributed by atoms with Crippen LogP contribution in [0.2, 0.25) is 0 Å². The van der Waals surface area contributed by atoms with Crippen LogP contribution >= 0.6 is 11.3 Å². The lowest BCUT2D eigenvalue weighted by Gasteiger charge is -2.09. The molecule has 0 saturated carbocycles. The van der Waals surface area contributed by atoms with E-state index >= 15 is 0 Å². The van der Waals surface area contributed by atoms with Crippen LogP contribution in [0.1, 0.15) is 35.7 Å². The SMILES string of the molecule is COc1ccc(C(=O)CCC(=O)N/N=C(\COC(C)=O)c2csc3ccccc23)cc1OC. The van der Waals surface area contributed by atoms with Crippen LogP contribution in [-0.4, -0.2) is 44.2 Å². The predicted molar refractivity (Wildman–Crippen MR) is 126 cm³/mol. The van der Waals surface area contributed by atoms with Crippen molar-refractivity contribution in [3.63, 3.8) is 0 Å². The van der Waals surface area contributed by atoms with Crippen LogP contribution in [0.15, 0.2) is 52.9 Å². The first-order valence-corrected chi connectivity index (χ1v) is 11.0. The molecule has 0 fully saturated rings. The van der Waals surface area contributed by atoms with Crippen LogP contribution in [0.5, 0.6) is 11.5 Å². The Labute approximate surface area is 195 Å². The number of hydrogen-bond acceptors (Lipinski definition) is 8. The maximum absolute atomic E-state index is 12.5. The molecular weight excluding hydrogens is 444 g/mol. The van der Waals surface area contributed by atoms with Gasteiger partial charge in [-0.2, -0.15) is 5.10 Å². The maximum atomic E-state index is 12.5. The van der Waals surface area contributed by atoms with E-state index in [4.69, 9.17) is 14.2 Å². The number of amides is 1. The van der Waals surface area contributed by atoms with E-state index in [0.717, 1.165) is 15.6 Å². The summed E-state index contributed by atoms with van der Waals surface area (Å²) in [6, 6.07) is 12.6. The number of ether oxygens (including phenoxy) is 3. The fourth-order valence-corrected chi connectivity index (χ4v) is 4.08. The number of thiophene rings is 1. The second-order valence-corrected chi connectivity index (χ2v) is 7.92. The largest absolute Gasteiger partial charge is 0.493 e. The quantitative estimate of drug-likeness (QED) is 0.209. The Kier molecular flexibility index (Phi) is 8.15. The van der Waals surface area contributed by atoms with Crippen LogP contribution in [0.3, 0.4) is 0 Å². The summed E-state index contributed by atoms with van der Waals surface area (Å²) >= 11 is 1.53. The van der Waals surface area contributed by atoms with Crippen LogP contribution in [0.25, 0.3) is 10.1 Å². The van der Waals surface area contributed by atoms with E-state index in [1.54, 1.807) is 18.2 Å². The van der Waals surface area contributed by atoms with E-state index in [0.29, 0.717) is 22.8 Å². The molecule has 33 heavy (non-hydrogen) atoms.